The van der Waals surface area contributed by atoms with Crippen molar-refractivity contribution in [2.24, 2.45) is 17.8 Å². The molecular weight excluding hydrogens is 414 g/mol. The Hall–Kier alpha value is -0.0000000000000000416. The van der Waals surface area contributed by atoms with Crippen molar-refractivity contribution in [3.63, 3.8) is 0 Å². The van der Waals surface area contributed by atoms with Gasteiger partial charge in [-0.25, -0.2) is 0 Å². The van der Waals surface area contributed by atoms with Crippen molar-refractivity contribution in [1.29, 1.82) is 0 Å². The fourth-order valence-corrected chi connectivity index (χ4v) is 4.65. The molecule has 0 spiro atoms. The molecular formula is C20H39O7P2-3. The lowest BCUT2D eigenvalue weighted by Crippen LogP contribution is -2.19. The highest BCUT2D eigenvalue weighted by atomic mass is 31.3. The summed E-state index contributed by atoms with van der Waals surface area (Å²) in [6.45, 7) is 10.7. The molecule has 0 aromatic carbocycles. The summed E-state index contributed by atoms with van der Waals surface area (Å²) in [4.78, 5) is 31.8. The fourth-order valence-electron chi connectivity index (χ4n) is 3.23. The molecule has 3 atom stereocenters. The maximum Gasteiger partial charge on any atom is 0.272 e. The quantitative estimate of drug-likeness (QED) is 0.231. The van der Waals surface area contributed by atoms with Gasteiger partial charge in [0, 0.05) is 0 Å². The standard InChI is InChI=1S/C20H42O7P2/c1-17(2)9-6-10-18(3)11-7-12-19(4)13-8-14-20(5)15-16-26-29(24,25)27-28(21,22)23/h15,17-19H,6-14,16H2,1-5H3,(H,24,25)(H2,21,22,23)/p-3/b20-15+/t18-,19-/m1/s1. The third-order valence-corrected chi connectivity index (χ3v) is 7.07. The first-order valence-corrected chi connectivity index (χ1v) is 13.6. The molecule has 0 rings (SSSR count). The number of hydrogen-bond acceptors (Lipinski definition) is 7. The van der Waals surface area contributed by atoms with Gasteiger partial charge in [-0.3, -0.25) is 8.88 Å². The summed E-state index contributed by atoms with van der Waals surface area (Å²) in [5, 5.41) is 0. The summed E-state index contributed by atoms with van der Waals surface area (Å²) in [7, 11) is -10.8. The van der Waals surface area contributed by atoms with E-state index in [1.807, 2.05) is 6.92 Å². The zero-order chi connectivity index (χ0) is 22.5. The Balaban J connectivity index is 3.89. The summed E-state index contributed by atoms with van der Waals surface area (Å²) in [6, 6.07) is 0. The fraction of sp³-hybridized carbons (Fsp3) is 0.900. The predicted octanol–water partition coefficient (Wildman–Crippen LogP) is 4.70. The van der Waals surface area contributed by atoms with Gasteiger partial charge in [0.15, 0.2) is 0 Å². The minimum atomic E-state index is -5.63. The van der Waals surface area contributed by atoms with E-state index < -0.39 is 15.6 Å². The molecule has 0 aromatic rings. The van der Waals surface area contributed by atoms with Crippen LogP contribution in [0.2, 0.25) is 0 Å². The summed E-state index contributed by atoms with van der Waals surface area (Å²) in [5.41, 5.74) is 0.948. The van der Waals surface area contributed by atoms with Gasteiger partial charge in [0.25, 0.3) is 7.82 Å². The molecule has 0 saturated carbocycles. The van der Waals surface area contributed by atoms with Gasteiger partial charge < -0.3 is 23.8 Å². The normalized spacial score (nSPS) is 17.3. The molecule has 0 aliphatic rings. The van der Waals surface area contributed by atoms with Crippen molar-refractivity contribution in [1.82, 2.24) is 0 Å². The lowest BCUT2D eigenvalue weighted by Gasteiger charge is -2.34. The van der Waals surface area contributed by atoms with Gasteiger partial charge in [0.1, 0.15) is 0 Å². The third-order valence-electron chi connectivity index (χ3n) is 5.00. The van der Waals surface area contributed by atoms with Crippen LogP contribution in [-0.2, 0) is 18.0 Å². The van der Waals surface area contributed by atoms with E-state index in [0.717, 1.165) is 36.7 Å². The number of phosphoric acid groups is 2. The monoisotopic (exact) mass is 453 g/mol. The molecule has 0 saturated heterocycles. The Labute approximate surface area is 177 Å². The van der Waals surface area contributed by atoms with Crippen LogP contribution in [0.25, 0.3) is 0 Å². The molecule has 0 aromatic heterocycles. The number of rotatable bonds is 17. The molecule has 0 heterocycles. The van der Waals surface area contributed by atoms with Crippen LogP contribution in [0.15, 0.2) is 11.6 Å². The molecule has 9 heteroatoms. The maximum absolute atomic E-state index is 11.1. The van der Waals surface area contributed by atoms with Gasteiger partial charge in [-0.05, 0) is 37.5 Å². The van der Waals surface area contributed by atoms with Gasteiger partial charge >= 0.3 is 0 Å². The molecule has 0 radical (unpaired) electrons. The smallest absolute Gasteiger partial charge is 0.272 e. The lowest BCUT2D eigenvalue weighted by atomic mass is 9.91. The van der Waals surface area contributed by atoms with E-state index in [2.05, 4.69) is 36.5 Å². The Morgan fingerprint density at radius 1 is 0.862 bits per heavy atom. The minimum absolute atomic E-state index is 0.350. The van der Waals surface area contributed by atoms with Gasteiger partial charge in [0.2, 0.25) is 0 Å². The van der Waals surface area contributed by atoms with E-state index in [4.69, 9.17) is 0 Å². The van der Waals surface area contributed by atoms with Crippen LogP contribution < -0.4 is 14.7 Å². The SMILES string of the molecule is C/C(=C\COP(=O)([O-])OP(=O)([O-])[O-])CCC[C@H](C)CCC[C@H](C)CCCC(C)C. The van der Waals surface area contributed by atoms with E-state index in [0.29, 0.717) is 5.92 Å². The number of allylic oxidation sites excluding steroid dienone is 1. The molecule has 7 nitrogen and oxygen atoms in total. The Morgan fingerprint density at radius 3 is 1.83 bits per heavy atom. The zero-order valence-corrected chi connectivity index (χ0v) is 20.4. The van der Waals surface area contributed by atoms with E-state index in [9.17, 15) is 23.8 Å². The van der Waals surface area contributed by atoms with Crippen LogP contribution in [0.5, 0.6) is 0 Å². The predicted molar refractivity (Wildman–Crippen MR) is 111 cm³/mol. The number of phosphoric ester groups is 1. The first kappa shape index (κ1) is 29.0. The van der Waals surface area contributed by atoms with Crippen molar-refractivity contribution in [2.45, 2.75) is 92.4 Å². The van der Waals surface area contributed by atoms with E-state index in [-0.39, 0.29) is 6.61 Å². The molecule has 0 aliphatic carbocycles. The highest BCUT2D eigenvalue weighted by Crippen LogP contribution is 2.50. The molecule has 0 bridgehead atoms. The second kappa shape index (κ2) is 14.9. The van der Waals surface area contributed by atoms with Crippen molar-refractivity contribution in [3.05, 3.63) is 11.6 Å². The molecule has 174 valence electrons. The average molecular weight is 453 g/mol. The molecule has 29 heavy (non-hydrogen) atoms. The van der Waals surface area contributed by atoms with Crippen LogP contribution in [0.3, 0.4) is 0 Å². The van der Waals surface area contributed by atoms with Gasteiger partial charge in [-0.15, -0.1) is 0 Å². The molecule has 0 amide bonds. The van der Waals surface area contributed by atoms with E-state index in [1.165, 1.54) is 38.5 Å². The summed E-state index contributed by atoms with van der Waals surface area (Å²) in [5.74, 6) is 2.24. The van der Waals surface area contributed by atoms with Crippen LogP contribution in [-0.4, -0.2) is 6.61 Å². The minimum Gasteiger partial charge on any atom is -0.790 e. The second-order valence-electron chi connectivity index (χ2n) is 8.68. The van der Waals surface area contributed by atoms with E-state index in [1.54, 1.807) is 6.08 Å². The van der Waals surface area contributed by atoms with Crippen LogP contribution >= 0.6 is 15.6 Å². The van der Waals surface area contributed by atoms with Gasteiger partial charge in [0.05, 0.1) is 14.4 Å². The Morgan fingerprint density at radius 2 is 1.34 bits per heavy atom. The van der Waals surface area contributed by atoms with Gasteiger partial charge in [-0.2, -0.15) is 0 Å². The molecule has 0 aliphatic heterocycles. The first-order chi connectivity index (χ1) is 13.3. The Kier molecular flexibility index (Phi) is 14.9. The van der Waals surface area contributed by atoms with Crippen molar-refractivity contribution < 1.29 is 32.6 Å². The van der Waals surface area contributed by atoms with Crippen molar-refractivity contribution in [3.8, 4) is 0 Å². The summed E-state index contributed by atoms with van der Waals surface area (Å²) in [6.07, 6.45) is 12.2. The third kappa shape index (κ3) is 19.7. The van der Waals surface area contributed by atoms with Crippen molar-refractivity contribution >= 4 is 15.6 Å². The Bertz CT molecular complexity index is 557. The van der Waals surface area contributed by atoms with Crippen molar-refractivity contribution in [2.75, 3.05) is 6.61 Å². The second-order valence-corrected chi connectivity index (χ2v) is 11.4. The summed E-state index contributed by atoms with van der Waals surface area (Å²) >= 11 is 0. The largest absolute Gasteiger partial charge is 0.790 e. The van der Waals surface area contributed by atoms with Crippen LogP contribution in [0.1, 0.15) is 92.4 Å². The highest BCUT2D eigenvalue weighted by molar-refractivity contribution is 7.58. The average Bonchev–Trinajstić information content (AvgIpc) is 2.51. The molecule has 0 fully saturated rings. The molecule has 0 N–H and O–H groups in total. The first-order valence-electron chi connectivity index (χ1n) is 10.7. The van der Waals surface area contributed by atoms with E-state index >= 15 is 0 Å². The highest BCUT2D eigenvalue weighted by Gasteiger charge is 2.11. The van der Waals surface area contributed by atoms with Crippen LogP contribution in [0, 0.1) is 17.8 Å². The topological polar surface area (TPSA) is 122 Å². The van der Waals surface area contributed by atoms with Crippen LogP contribution in [0.4, 0.5) is 0 Å². The zero-order valence-electron chi connectivity index (χ0n) is 18.6. The molecule has 1 unspecified atom stereocenters. The number of hydrogen-bond donors (Lipinski definition) is 0. The van der Waals surface area contributed by atoms with Gasteiger partial charge in [-0.1, -0.05) is 84.3 Å². The summed E-state index contributed by atoms with van der Waals surface area (Å²) < 4.78 is 29.2. The lowest BCUT2D eigenvalue weighted by molar-refractivity contribution is -0.339. The maximum atomic E-state index is 11.1.